The fraction of sp³-hybridized carbons (Fsp3) is 1.00. The van der Waals surface area contributed by atoms with Gasteiger partial charge < -0.3 is 15.0 Å². The highest BCUT2D eigenvalue weighted by atomic mass is 16.7. The number of nitrogens with zero attached hydrogens (tertiary/aromatic N) is 1. The van der Waals surface area contributed by atoms with Gasteiger partial charge in [0.1, 0.15) is 12.2 Å². The second-order valence-corrected chi connectivity index (χ2v) is 8.55. The first kappa shape index (κ1) is 18.1. The zero-order chi connectivity index (χ0) is 17.2. The number of nitrogens with one attached hydrogen (secondary N) is 3. The van der Waals surface area contributed by atoms with Gasteiger partial charge in [0.2, 0.25) is 0 Å². The van der Waals surface area contributed by atoms with Gasteiger partial charge in [0.15, 0.2) is 6.23 Å². The Morgan fingerprint density at radius 2 is 2.00 bits per heavy atom. The Hall–Kier alpha value is -0.280. The lowest BCUT2D eigenvalue weighted by Gasteiger charge is -2.37. The van der Waals surface area contributed by atoms with Crippen LogP contribution in [0.25, 0.3) is 0 Å². The molecule has 0 aromatic heterocycles. The van der Waals surface area contributed by atoms with Crippen molar-refractivity contribution in [3.8, 4) is 0 Å². The van der Waals surface area contributed by atoms with E-state index < -0.39 is 0 Å². The summed E-state index contributed by atoms with van der Waals surface area (Å²) in [6, 6.07) is 1.26. The van der Waals surface area contributed by atoms with Crippen LogP contribution in [0.15, 0.2) is 0 Å². The van der Waals surface area contributed by atoms with Crippen LogP contribution in [0.5, 0.6) is 0 Å². The molecule has 4 saturated heterocycles. The number of likely N-dealkylation sites (tertiary alicyclic amines) is 1. The minimum Gasteiger partial charge on any atom is -0.379 e. The highest BCUT2D eigenvalue weighted by Gasteiger charge is 2.44. The summed E-state index contributed by atoms with van der Waals surface area (Å²) in [6.07, 6.45) is 6.25. The molecule has 6 unspecified atom stereocenters. The number of piperidine rings is 1. The van der Waals surface area contributed by atoms with Gasteiger partial charge in [-0.1, -0.05) is 0 Å². The number of rotatable bonds is 4. The molecule has 4 fully saturated rings. The minimum atomic E-state index is 0.168. The van der Waals surface area contributed by atoms with Crippen molar-refractivity contribution in [2.24, 2.45) is 5.92 Å². The summed E-state index contributed by atoms with van der Waals surface area (Å²) in [5, 5.41) is 6.31. The molecule has 4 aliphatic heterocycles. The summed E-state index contributed by atoms with van der Waals surface area (Å²) in [7, 11) is 0. The van der Waals surface area contributed by atoms with E-state index in [2.05, 4.69) is 34.9 Å². The molecule has 0 saturated carbocycles. The van der Waals surface area contributed by atoms with Crippen LogP contribution in [0.2, 0.25) is 0 Å². The van der Waals surface area contributed by atoms with Gasteiger partial charge in [0.25, 0.3) is 0 Å². The predicted octanol–water partition coefficient (Wildman–Crippen LogP) is -2.15. The lowest BCUT2D eigenvalue weighted by Crippen LogP contribution is -3.18. The average Bonchev–Trinajstić information content (AvgIpc) is 3.32. The third-order valence-corrected chi connectivity index (χ3v) is 6.76. The van der Waals surface area contributed by atoms with Gasteiger partial charge in [-0.3, -0.25) is 10.2 Å². The van der Waals surface area contributed by atoms with Crippen molar-refractivity contribution in [2.45, 2.75) is 70.2 Å². The molecule has 144 valence electrons. The molecule has 0 aromatic rings. The maximum atomic E-state index is 6.00. The second-order valence-electron chi connectivity index (χ2n) is 8.55. The molecular formula is C18H37N5O2+2. The average molecular weight is 356 g/mol. The van der Waals surface area contributed by atoms with E-state index in [1.807, 2.05) is 0 Å². The zero-order valence-corrected chi connectivity index (χ0v) is 15.9. The van der Waals surface area contributed by atoms with E-state index in [-0.39, 0.29) is 6.23 Å². The Labute approximate surface area is 151 Å². The van der Waals surface area contributed by atoms with Crippen molar-refractivity contribution in [1.82, 2.24) is 15.7 Å². The van der Waals surface area contributed by atoms with E-state index in [0.717, 1.165) is 26.3 Å². The van der Waals surface area contributed by atoms with E-state index in [4.69, 9.17) is 9.57 Å². The lowest BCUT2D eigenvalue weighted by atomic mass is 9.94. The maximum Gasteiger partial charge on any atom is 0.183 e. The lowest BCUT2D eigenvalue weighted by molar-refractivity contribution is -0.937. The van der Waals surface area contributed by atoms with Gasteiger partial charge >= 0.3 is 0 Å². The van der Waals surface area contributed by atoms with E-state index in [0.29, 0.717) is 30.3 Å². The SMILES string of the molecule is CC(C)[NH+]1CCCC1C1NC(C2CCC(N3CCOCC3)[NH2+]C2)NO1. The summed E-state index contributed by atoms with van der Waals surface area (Å²) >= 11 is 0. The van der Waals surface area contributed by atoms with Crippen molar-refractivity contribution in [2.75, 3.05) is 39.4 Å². The van der Waals surface area contributed by atoms with Crippen molar-refractivity contribution in [3.63, 3.8) is 0 Å². The van der Waals surface area contributed by atoms with E-state index in [1.165, 1.54) is 38.8 Å². The van der Waals surface area contributed by atoms with Gasteiger partial charge in [0, 0.05) is 38.3 Å². The van der Waals surface area contributed by atoms with Crippen molar-refractivity contribution >= 4 is 0 Å². The van der Waals surface area contributed by atoms with Gasteiger partial charge in [-0.25, -0.2) is 4.90 Å². The summed E-state index contributed by atoms with van der Waals surface area (Å²) in [6.45, 7) is 11.1. The first-order chi connectivity index (χ1) is 12.2. The smallest absolute Gasteiger partial charge is 0.183 e. The van der Waals surface area contributed by atoms with E-state index >= 15 is 0 Å². The molecule has 0 radical (unpaired) electrons. The molecule has 4 aliphatic rings. The quantitative estimate of drug-likeness (QED) is 0.463. The zero-order valence-electron chi connectivity index (χ0n) is 15.9. The maximum absolute atomic E-state index is 6.00. The Bertz CT molecular complexity index is 424. The molecule has 6 atom stereocenters. The summed E-state index contributed by atoms with van der Waals surface area (Å²) in [4.78, 5) is 10.3. The molecule has 0 aliphatic carbocycles. The molecule has 0 aromatic carbocycles. The van der Waals surface area contributed by atoms with Gasteiger partial charge in [-0.2, -0.15) is 5.48 Å². The van der Waals surface area contributed by atoms with Crippen LogP contribution in [-0.2, 0) is 9.57 Å². The Morgan fingerprint density at radius 1 is 1.16 bits per heavy atom. The monoisotopic (exact) mass is 355 g/mol. The molecule has 4 rings (SSSR count). The molecule has 5 N–H and O–H groups in total. The second kappa shape index (κ2) is 8.17. The van der Waals surface area contributed by atoms with Crippen LogP contribution in [-0.4, -0.2) is 74.9 Å². The van der Waals surface area contributed by atoms with Gasteiger partial charge in [-0.15, -0.1) is 0 Å². The van der Waals surface area contributed by atoms with Crippen LogP contribution in [0.3, 0.4) is 0 Å². The highest BCUT2D eigenvalue weighted by Crippen LogP contribution is 2.20. The molecule has 4 heterocycles. The standard InChI is InChI=1S/C18H35N5O2/c1-13(2)23-7-3-4-15(23)18-20-17(21-25-18)14-5-6-16(19-12-14)22-8-10-24-11-9-22/h13-21H,3-12H2,1-2H3/p+2. The Morgan fingerprint density at radius 3 is 2.72 bits per heavy atom. The fourth-order valence-corrected chi connectivity index (χ4v) is 5.28. The molecule has 0 bridgehead atoms. The molecule has 0 amide bonds. The van der Waals surface area contributed by atoms with Gasteiger partial charge in [-0.05, 0) is 20.3 Å². The van der Waals surface area contributed by atoms with Crippen LogP contribution >= 0.6 is 0 Å². The first-order valence-corrected chi connectivity index (χ1v) is 10.4. The number of hydrogen-bond donors (Lipinski definition) is 4. The molecule has 7 nitrogen and oxygen atoms in total. The number of quaternary nitrogens is 2. The largest absolute Gasteiger partial charge is 0.379 e. The summed E-state index contributed by atoms with van der Waals surface area (Å²) < 4.78 is 5.48. The van der Waals surface area contributed by atoms with E-state index in [9.17, 15) is 0 Å². The van der Waals surface area contributed by atoms with Crippen LogP contribution in [0.4, 0.5) is 0 Å². The Balaban J connectivity index is 1.25. The normalized spacial score (nSPS) is 43.8. The van der Waals surface area contributed by atoms with Gasteiger partial charge in [0.05, 0.1) is 38.5 Å². The summed E-state index contributed by atoms with van der Waals surface area (Å²) in [5.74, 6) is 0.645. The van der Waals surface area contributed by atoms with Crippen molar-refractivity contribution in [1.29, 1.82) is 0 Å². The molecule has 7 heteroatoms. The van der Waals surface area contributed by atoms with Crippen LogP contribution in [0.1, 0.15) is 39.5 Å². The third-order valence-electron chi connectivity index (χ3n) is 6.76. The molecule has 25 heavy (non-hydrogen) atoms. The number of ether oxygens (including phenoxy) is 1. The van der Waals surface area contributed by atoms with E-state index in [1.54, 1.807) is 4.90 Å². The Kier molecular flexibility index (Phi) is 5.91. The minimum absolute atomic E-state index is 0.168. The predicted molar refractivity (Wildman–Crippen MR) is 94.6 cm³/mol. The molecular weight excluding hydrogens is 318 g/mol. The number of nitrogens with two attached hydrogens (primary N) is 1. The first-order valence-electron chi connectivity index (χ1n) is 10.4. The number of hydrogen-bond acceptors (Lipinski definition) is 5. The van der Waals surface area contributed by atoms with Crippen molar-refractivity contribution in [3.05, 3.63) is 0 Å². The van der Waals surface area contributed by atoms with Crippen LogP contribution in [0, 0.1) is 5.92 Å². The van der Waals surface area contributed by atoms with Crippen molar-refractivity contribution < 1.29 is 19.8 Å². The topological polar surface area (TPSA) is 66.8 Å². The number of morpholine rings is 1. The number of hydroxylamine groups is 1. The van der Waals surface area contributed by atoms with Crippen LogP contribution < -0.4 is 21.0 Å². The highest BCUT2D eigenvalue weighted by molar-refractivity contribution is 4.84. The fourth-order valence-electron chi connectivity index (χ4n) is 5.28. The summed E-state index contributed by atoms with van der Waals surface area (Å²) in [5.41, 5.74) is 3.33. The molecule has 0 spiro atoms. The third kappa shape index (κ3) is 4.03.